The van der Waals surface area contributed by atoms with Crippen LogP contribution in [0.25, 0.3) is 11.2 Å². The van der Waals surface area contributed by atoms with Crippen LogP contribution in [0.3, 0.4) is 0 Å². The van der Waals surface area contributed by atoms with Gasteiger partial charge in [0.1, 0.15) is 18.5 Å². The van der Waals surface area contributed by atoms with Gasteiger partial charge >= 0.3 is 5.97 Å². The summed E-state index contributed by atoms with van der Waals surface area (Å²) >= 11 is 0. The molecule has 0 bridgehead atoms. The first-order chi connectivity index (χ1) is 25.7. The van der Waals surface area contributed by atoms with Gasteiger partial charge in [0.2, 0.25) is 5.95 Å². The van der Waals surface area contributed by atoms with Crippen molar-refractivity contribution in [2.24, 2.45) is 11.3 Å². The number of hydrogen-bond donors (Lipinski definition) is 2. The molecular weight excluding hydrogens is 697 g/mol. The summed E-state index contributed by atoms with van der Waals surface area (Å²) in [6.07, 6.45) is 6.82. The number of aryl methyl sites for hydroxylation is 1. The predicted octanol–water partition coefficient (Wildman–Crippen LogP) is 8.66. The molecule has 11 nitrogen and oxygen atoms in total. The minimum absolute atomic E-state index is 0.0732. The highest BCUT2D eigenvalue weighted by atomic mass is 31.2. The summed E-state index contributed by atoms with van der Waals surface area (Å²) in [5.41, 5.74) is 6.29. The standard InChI is InChI=1S/C42H52N7O4P/c1-28-22-31(14-17-34(28)48-20-18-42(19-21-48)24-30(25-42)23-36(50)53-41(2,3)4)44-40-46-38(45-33-10-8-9-11-35(33)54(6,7)51)37-39(47-40)49(27-43-37)26-29-12-15-32(52-5)16-13-29/h8-17,22,27,30H,18-21,23-26H2,1-7H3,(H2,44,45,46,47). The van der Waals surface area contributed by atoms with Crippen molar-refractivity contribution in [3.63, 3.8) is 0 Å². The van der Waals surface area contributed by atoms with Crippen molar-refractivity contribution < 1.29 is 18.8 Å². The highest BCUT2D eigenvalue weighted by Gasteiger charge is 2.46. The van der Waals surface area contributed by atoms with E-state index < -0.39 is 12.7 Å². The lowest BCUT2D eigenvalue weighted by Gasteiger charge is -2.52. The fraction of sp³-hybridized carbons (Fsp3) is 0.429. The highest BCUT2D eigenvalue weighted by molar-refractivity contribution is 7.70. The van der Waals surface area contributed by atoms with Crippen LogP contribution in [0.1, 0.15) is 64.0 Å². The summed E-state index contributed by atoms with van der Waals surface area (Å²) in [5, 5.41) is 7.67. The van der Waals surface area contributed by atoms with Crippen LogP contribution in [-0.2, 0) is 20.6 Å². The Morgan fingerprint density at radius 3 is 2.37 bits per heavy atom. The van der Waals surface area contributed by atoms with Gasteiger partial charge in [-0.25, -0.2) is 4.98 Å². The number of fused-ring (bicyclic) bond motifs is 1. The molecule has 1 aliphatic carbocycles. The van der Waals surface area contributed by atoms with Crippen molar-refractivity contribution in [2.45, 2.75) is 71.9 Å². The van der Waals surface area contributed by atoms with Gasteiger partial charge in [0.25, 0.3) is 0 Å². The molecule has 1 saturated heterocycles. The van der Waals surface area contributed by atoms with Crippen LogP contribution in [-0.4, -0.2) is 64.6 Å². The lowest BCUT2D eigenvalue weighted by molar-refractivity contribution is -0.158. The zero-order chi connectivity index (χ0) is 38.3. The summed E-state index contributed by atoms with van der Waals surface area (Å²) < 4.78 is 26.2. The largest absolute Gasteiger partial charge is 0.497 e. The minimum Gasteiger partial charge on any atom is -0.497 e. The maximum atomic E-state index is 13.2. The van der Waals surface area contributed by atoms with E-state index in [1.165, 1.54) is 11.3 Å². The Hall–Kier alpha value is -4.89. The van der Waals surface area contributed by atoms with Gasteiger partial charge in [-0.1, -0.05) is 24.3 Å². The van der Waals surface area contributed by atoms with E-state index in [0.29, 0.717) is 47.2 Å². The summed E-state index contributed by atoms with van der Waals surface area (Å²) in [6, 6.07) is 22.0. The van der Waals surface area contributed by atoms with E-state index in [1.54, 1.807) is 26.8 Å². The number of methoxy groups -OCH3 is 1. The van der Waals surface area contributed by atoms with Crippen LogP contribution in [0.2, 0.25) is 0 Å². The number of para-hydroxylation sites is 1. The molecule has 1 spiro atoms. The molecule has 7 rings (SSSR count). The van der Waals surface area contributed by atoms with Gasteiger partial charge in [-0.05, 0) is 132 Å². The molecule has 54 heavy (non-hydrogen) atoms. The molecule has 1 aliphatic heterocycles. The van der Waals surface area contributed by atoms with Crippen molar-refractivity contribution in [1.29, 1.82) is 0 Å². The van der Waals surface area contributed by atoms with Gasteiger partial charge in [0.05, 0.1) is 25.7 Å². The summed E-state index contributed by atoms with van der Waals surface area (Å²) in [7, 11) is -0.930. The van der Waals surface area contributed by atoms with Gasteiger partial charge in [-0.3, -0.25) is 4.79 Å². The number of carbonyl (C=O) groups is 1. The van der Waals surface area contributed by atoms with E-state index in [1.807, 2.05) is 73.9 Å². The molecule has 1 saturated carbocycles. The number of aromatic nitrogens is 4. The Morgan fingerprint density at radius 1 is 0.981 bits per heavy atom. The SMILES string of the molecule is COc1ccc(Cn2cnc3c(Nc4ccccc4P(C)(C)=O)nc(Nc4ccc(N5CCC6(CC5)CC(CC(=O)OC(C)(C)C)C6)c(C)c4)nc32)cc1. The minimum atomic E-state index is -2.59. The molecular formula is C42H52N7O4P. The molecule has 0 radical (unpaired) electrons. The third-order valence-electron chi connectivity index (χ3n) is 10.6. The second-order valence-electron chi connectivity index (χ2n) is 16.5. The molecule has 12 heteroatoms. The van der Waals surface area contributed by atoms with Crippen molar-refractivity contribution in [1.82, 2.24) is 19.5 Å². The zero-order valence-electron chi connectivity index (χ0n) is 32.5. The first-order valence-corrected chi connectivity index (χ1v) is 21.4. The maximum absolute atomic E-state index is 13.2. The van der Waals surface area contributed by atoms with E-state index in [-0.39, 0.29) is 5.97 Å². The third-order valence-corrected chi connectivity index (χ3v) is 12.2. The molecule has 2 aliphatic rings. The lowest BCUT2D eigenvalue weighted by Crippen LogP contribution is -2.48. The number of esters is 1. The average molecular weight is 750 g/mol. The van der Waals surface area contributed by atoms with Crippen molar-refractivity contribution >= 4 is 58.4 Å². The quantitative estimate of drug-likeness (QED) is 0.100. The predicted molar refractivity (Wildman–Crippen MR) is 218 cm³/mol. The smallest absolute Gasteiger partial charge is 0.306 e. The highest BCUT2D eigenvalue weighted by Crippen LogP contribution is 2.54. The van der Waals surface area contributed by atoms with E-state index in [9.17, 15) is 9.36 Å². The molecule has 284 valence electrons. The Kier molecular flexibility index (Phi) is 10.2. The maximum Gasteiger partial charge on any atom is 0.306 e. The Balaban J connectivity index is 1.09. The Morgan fingerprint density at radius 2 is 1.70 bits per heavy atom. The van der Waals surface area contributed by atoms with Gasteiger partial charge in [0.15, 0.2) is 17.0 Å². The average Bonchev–Trinajstić information content (AvgIpc) is 3.50. The van der Waals surface area contributed by atoms with E-state index in [4.69, 9.17) is 24.4 Å². The molecule has 2 N–H and O–H groups in total. The molecule has 2 fully saturated rings. The monoisotopic (exact) mass is 749 g/mol. The van der Waals surface area contributed by atoms with Crippen LogP contribution >= 0.6 is 7.14 Å². The van der Waals surface area contributed by atoms with Crippen molar-refractivity contribution in [3.05, 3.63) is 84.2 Å². The zero-order valence-corrected chi connectivity index (χ0v) is 33.4. The molecule has 3 heterocycles. The van der Waals surface area contributed by atoms with Crippen molar-refractivity contribution in [3.8, 4) is 5.75 Å². The lowest BCUT2D eigenvalue weighted by atomic mass is 9.57. The molecule has 5 aromatic rings. The fourth-order valence-electron chi connectivity index (χ4n) is 8.08. The second kappa shape index (κ2) is 14.7. The Bertz CT molecular complexity index is 2190. The number of piperidine rings is 1. The summed E-state index contributed by atoms with van der Waals surface area (Å²) in [4.78, 5) is 29.5. The third kappa shape index (κ3) is 8.41. The van der Waals surface area contributed by atoms with Gasteiger partial charge in [-0.2, -0.15) is 9.97 Å². The van der Waals surface area contributed by atoms with Crippen LogP contribution in [0.15, 0.2) is 73.1 Å². The Labute approximate surface area is 318 Å². The molecule has 0 atom stereocenters. The number of nitrogens with zero attached hydrogens (tertiary/aromatic N) is 5. The van der Waals surface area contributed by atoms with Crippen LogP contribution in [0.4, 0.5) is 28.8 Å². The van der Waals surface area contributed by atoms with E-state index in [0.717, 1.165) is 66.8 Å². The number of carbonyl (C=O) groups excluding carboxylic acids is 1. The normalized spacial score (nSPS) is 15.9. The van der Waals surface area contributed by atoms with Gasteiger partial charge in [-0.15, -0.1) is 0 Å². The van der Waals surface area contributed by atoms with E-state index >= 15 is 0 Å². The van der Waals surface area contributed by atoms with Crippen LogP contribution in [0.5, 0.6) is 5.75 Å². The molecule has 0 amide bonds. The first kappa shape index (κ1) is 37.4. The number of ether oxygens (including phenoxy) is 2. The summed E-state index contributed by atoms with van der Waals surface area (Å²) in [6.45, 7) is 14.0. The number of benzene rings is 3. The van der Waals surface area contributed by atoms with Crippen LogP contribution in [0, 0.1) is 18.3 Å². The van der Waals surface area contributed by atoms with Gasteiger partial charge in [0, 0.05) is 36.2 Å². The number of nitrogens with one attached hydrogen (secondary N) is 2. The number of rotatable bonds is 11. The number of hydrogen-bond acceptors (Lipinski definition) is 10. The van der Waals surface area contributed by atoms with E-state index in [2.05, 4.69) is 40.7 Å². The van der Waals surface area contributed by atoms with Crippen molar-refractivity contribution in [2.75, 3.05) is 49.1 Å². The fourth-order valence-corrected chi connectivity index (χ4v) is 9.24. The molecule has 2 aromatic heterocycles. The number of imidazole rings is 1. The number of anilines is 5. The van der Waals surface area contributed by atoms with Crippen LogP contribution < -0.4 is 25.6 Å². The summed E-state index contributed by atoms with van der Waals surface area (Å²) in [5.74, 6) is 2.11. The second-order valence-corrected chi connectivity index (χ2v) is 19.6. The van der Waals surface area contributed by atoms with Gasteiger partial charge < -0.3 is 34.1 Å². The molecule has 0 unspecified atom stereocenters. The topological polar surface area (TPSA) is 124 Å². The molecule has 3 aromatic carbocycles. The first-order valence-electron chi connectivity index (χ1n) is 18.8.